The van der Waals surface area contributed by atoms with Crippen LogP contribution in [0.3, 0.4) is 0 Å². The van der Waals surface area contributed by atoms with Gasteiger partial charge in [-0.05, 0) is 11.4 Å². The number of alkyl halides is 1. The van der Waals surface area contributed by atoms with Gasteiger partial charge >= 0.3 is 0 Å². The molecule has 0 aromatic carbocycles. The minimum absolute atomic E-state index is 0.244. The lowest BCUT2D eigenvalue weighted by Crippen LogP contribution is -2.02. The molecule has 0 spiro atoms. The first-order valence-electron chi connectivity index (χ1n) is 2.93. The monoisotopic (exact) mass is 158 g/mol. The topological polar surface area (TPSA) is 17.1 Å². The highest BCUT2D eigenvalue weighted by Crippen LogP contribution is 2.09. The van der Waals surface area contributed by atoms with Crippen LogP contribution in [-0.2, 0) is 11.2 Å². The van der Waals surface area contributed by atoms with Gasteiger partial charge in [-0.3, -0.25) is 4.79 Å². The molecule has 54 valence electrons. The van der Waals surface area contributed by atoms with E-state index >= 15 is 0 Å². The standard InChI is InChI=1S/C7H7FOS/c8-5-6(9)4-7-2-1-3-10-7/h1-3H,4-5H2. The smallest absolute Gasteiger partial charge is 0.168 e. The van der Waals surface area contributed by atoms with Crippen molar-refractivity contribution in [2.75, 3.05) is 6.67 Å². The average molecular weight is 158 g/mol. The summed E-state index contributed by atoms with van der Waals surface area (Å²) in [6.07, 6.45) is 0.244. The van der Waals surface area contributed by atoms with E-state index in [1.165, 1.54) is 11.3 Å². The first kappa shape index (κ1) is 7.41. The molecule has 1 nitrogen and oxygen atoms in total. The maximum atomic E-state index is 11.6. The molecule has 1 aromatic rings. The molecule has 0 saturated carbocycles. The van der Waals surface area contributed by atoms with Crippen LogP contribution in [0.25, 0.3) is 0 Å². The summed E-state index contributed by atoms with van der Waals surface area (Å²) in [5.74, 6) is -0.345. The molecule has 1 aromatic heterocycles. The van der Waals surface area contributed by atoms with Crippen LogP contribution >= 0.6 is 11.3 Å². The van der Waals surface area contributed by atoms with E-state index in [0.717, 1.165) is 4.88 Å². The van der Waals surface area contributed by atoms with Crippen LogP contribution < -0.4 is 0 Å². The molecule has 0 unspecified atom stereocenters. The van der Waals surface area contributed by atoms with Crippen molar-refractivity contribution in [1.82, 2.24) is 0 Å². The quantitative estimate of drug-likeness (QED) is 0.655. The second-order valence-electron chi connectivity index (χ2n) is 1.93. The summed E-state index contributed by atoms with van der Waals surface area (Å²) < 4.78 is 11.6. The number of ketones is 1. The second kappa shape index (κ2) is 3.46. The predicted molar refractivity (Wildman–Crippen MR) is 39.0 cm³/mol. The summed E-state index contributed by atoms with van der Waals surface area (Å²) in [7, 11) is 0. The van der Waals surface area contributed by atoms with E-state index in [0.29, 0.717) is 0 Å². The molecule has 10 heavy (non-hydrogen) atoms. The molecule has 1 rings (SSSR count). The maximum absolute atomic E-state index is 11.6. The second-order valence-corrected chi connectivity index (χ2v) is 2.96. The third-order valence-corrected chi connectivity index (χ3v) is 1.98. The Balaban J connectivity index is 2.48. The summed E-state index contributed by atoms with van der Waals surface area (Å²) in [4.78, 5) is 11.4. The van der Waals surface area contributed by atoms with Gasteiger partial charge in [-0.15, -0.1) is 11.3 Å². The maximum Gasteiger partial charge on any atom is 0.168 e. The highest BCUT2D eigenvalue weighted by Gasteiger charge is 2.01. The van der Waals surface area contributed by atoms with Crippen LogP contribution in [0.2, 0.25) is 0 Å². The van der Waals surface area contributed by atoms with Crippen molar-refractivity contribution in [3.63, 3.8) is 0 Å². The largest absolute Gasteiger partial charge is 0.296 e. The SMILES string of the molecule is O=C(CF)Cc1cccs1. The van der Waals surface area contributed by atoms with Crippen LogP contribution in [0.15, 0.2) is 17.5 Å². The molecule has 0 aliphatic carbocycles. The third kappa shape index (κ3) is 1.92. The number of halogens is 1. The number of carbonyl (C=O) groups is 1. The lowest BCUT2D eigenvalue weighted by molar-refractivity contribution is -0.119. The van der Waals surface area contributed by atoms with E-state index < -0.39 is 6.67 Å². The molecule has 0 atom stereocenters. The van der Waals surface area contributed by atoms with E-state index in [4.69, 9.17) is 0 Å². The van der Waals surface area contributed by atoms with Gasteiger partial charge in [0.2, 0.25) is 0 Å². The molecule has 1 heterocycles. The van der Waals surface area contributed by atoms with E-state index in [-0.39, 0.29) is 12.2 Å². The summed E-state index contributed by atoms with van der Waals surface area (Å²) in [6, 6.07) is 3.68. The molecule has 3 heteroatoms. The van der Waals surface area contributed by atoms with Gasteiger partial charge in [0.1, 0.15) is 6.67 Å². The van der Waals surface area contributed by atoms with Crippen molar-refractivity contribution >= 4 is 17.1 Å². The van der Waals surface area contributed by atoms with E-state index in [2.05, 4.69) is 0 Å². The molecular weight excluding hydrogens is 151 g/mol. The predicted octanol–water partition coefficient (Wildman–Crippen LogP) is 1.83. The van der Waals surface area contributed by atoms with Gasteiger partial charge in [0, 0.05) is 11.3 Å². The van der Waals surface area contributed by atoms with Crippen molar-refractivity contribution in [3.8, 4) is 0 Å². The van der Waals surface area contributed by atoms with E-state index in [1.54, 1.807) is 0 Å². The molecular formula is C7H7FOS. The fourth-order valence-corrected chi connectivity index (χ4v) is 1.39. The Morgan fingerprint density at radius 2 is 2.50 bits per heavy atom. The number of hydrogen-bond acceptors (Lipinski definition) is 2. The van der Waals surface area contributed by atoms with Crippen molar-refractivity contribution in [2.45, 2.75) is 6.42 Å². The minimum Gasteiger partial charge on any atom is -0.296 e. The molecule has 0 fully saturated rings. The molecule has 0 N–H and O–H groups in total. The summed E-state index contributed by atoms with van der Waals surface area (Å²) in [6.45, 7) is -0.849. The van der Waals surface area contributed by atoms with E-state index in [9.17, 15) is 9.18 Å². The van der Waals surface area contributed by atoms with Crippen molar-refractivity contribution in [3.05, 3.63) is 22.4 Å². The third-order valence-electron chi connectivity index (χ3n) is 1.10. The zero-order chi connectivity index (χ0) is 7.40. The average Bonchev–Trinajstić information content (AvgIpc) is 2.40. The van der Waals surface area contributed by atoms with Gasteiger partial charge in [-0.2, -0.15) is 0 Å². The van der Waals surface area contributed by atoms with Gasteiger partial charge < -0.3 is 0 Å². The number of carbonyl (C=O) groups excluding carboxylic acids is 1. The Morgan fingerprint density at radius 1 is 1.70 bits per heavy atom. The molecule has 0 aliphatic heterocycles. The van der Waals surface area contributed by atoms with Crippen LogP contribution in [0.1, 0.15) is 4.88 Å². The first-order valence-corrected chi connectivity index (χ1v) is 3.81. The molecule has 0 bridgehead atoms. The van der Waals surface area contributed by atoms with Crippen LogP contribution in [0, 0.1) is 0 Å². The summed E-state index contributed by atoms with van der Waals surface area (Å²) in [5, 5.41) is 1.88. The van der Waals surface area contributed by atoms with Crippen molar-refractivity contribution < 1.29 is 9.18 Å². The number of rotatable bonds is 3. The van der Waals surface area contributed by atoms with E-state index in [1.807, 2.05) is 17.5 Å². The Kier molecular flexibility index (Phi) is 2.57. The number of hydrogen-bond donors (Lipinski definition) is 0. The van der Waals surface area contributed by atoms with Gasteiger partial charge in [-0.25, -0.2) is 4.39 Å². The highest BCUT2D eigenvalue weighted by atomic mass is 32.1. The highest BCUT2D eigenvalue weighted by molar-refractivity contribution is 7.10. The lowest BCUT2D eigenvalue weighted by atomic mass is 10.3. The zero-order valence-electron chi connectivity index (χ0n) is 5.34. The Morgan fingerprint density at radius 3 is 3.00 bits per heavy atom. The van der Waals surface area contributed by atoms with Crippen LogP contribution in [0.5, 0.6) is 0 Å². The summed E-state index contributed by atoms with van der Waals surface area (Å²) >= 11 is 1.48. The minimum atomic E-state index is -0.849. The first-order chi connectivity index (χ1) is 4.83. The fraction of sp³-hybridized carbons (Fsp3) is 0.286. The molecule has 0 saturated heterocycles. The molecule has 0 aliphatic rings. The Labute approximate surface area is 62.5 Å². The van der Waals surface area contributed by atoms with Crippen molar-refractivity contribution in [2.24, 2.45) is 0 Å². The van der Waals surface area contributed by atoms with Crippen LogP contribution in [-0.4, -0.2) is 12.5 Å². The molecule has 0 amide bonds. The normalized spacial score (nSPS) is 9.70. The van der Waals surface area contributed by atoms with Gasteiger partial charge in [0.25, 0.3) is 0 Å². The number of Topliss-reactive ketones (excluding diaryl/α,β-unsaturated/α-hetero) is 1. The zero-order valence-corrected chi connectivity index (χ0v) is 6.16. The Bertz CT molecular complexity index is 205. The van der Waals surface area contributed by atoms with Crippen LogP contribution in [0.4, 0.5) is 4.39 Å². The fourth-order valence-electron chi connectivity index (χ4n) is 0.655. The summed E-state index contributed by atoms with van der Waals surface area (Å²) in [5.41, 5.74) is 0. The Hall–Kier alpha value is -0.700. The van der Waals surface area contributed by atoms with Crippen molar-refractivity contribution in [1.29, 1.82) is 0 Å². The van der Waals surface area contributed by atoms with Gasteiger partial charge in [-0.1, -0.05) is 6.07 Å². The van der Waals surface area contributed by atoms with Gasteiger partial charge in [0.15, 0.2) is 5.78 Å². The van der Waals surface area contributed by atoms with Gasteiger partial charge in [0.05, 0.1) is 0 Å². The lowest BCUT2D eigenvalue weighted by Gasteiger charge is -1.89. The number of thiophene rings is 1. The molecule has 0 radical (unpaired) electrons.